The third-order valence-corrected chi connectivity index (χ3v) is 17.0. The summed E-state index contributed by atoms with van der Waals surface area (Å²) in [4.78, 5) is 54.3. The lowest BCUT2D eigenvalue weighted by molar-refractivity contribution is -0.134. The lowest BCUT2D eigenvalue weighted by atomic mass is 9.69. The molecule has 5 aliphatic heterocycles. The maximum atomic E-state index is 15.9. The minimum absolute atomic E-state index is 0.0192. The molecule has 1 aliphatic carbocycles. The van der Waals surface area contributed by atoms with Gasteiger partial charge in [-0.15, -0.1) is 0 Å². The van der Waals surface area contributed by atoms with Crippen LogP contribution in [0.3, 0.4) is 0 Å². The summed E-state index contributed by atoms with van der Waals surface area (Å²) < 4.78 is 55.0. The number of hydrogen-bond donors (Lipinski definition) is 3. The zero-order chi connectivity index (χ0) is 48.1. The van der Waals surface area contributed by atoms with Gasteiger partial charge < -0.3 is 29.7 Å². The van der Waals surface area contributed by atoms with Gasteiger partial charge in [0.05, 0.1) is 46.3 Å². The quantitative estimate of drug-likeness (QED) is 0.130. The smallest absolute Gasteiger partial charge is 0.301 e. The van der Waals surface area contributed by atoms with Crippen LogP contribution in [0.4, 0.5) is 42.0 Å². The third kappa shape index (κ3) is 8.22. The molecule has 11 rings (SSSR count). The first-order valence-electron chi connectivity index (χ1n) is 24.5. The fourth-order valence-corrected chi connectivity index (χ4v) is 12.2. The number of carbonyl (C=O) groups excluding carboxylic acids is 2. The molecule has 3 aromatic heterocycles. The molecule has 19 heteroatoms. The van der Waals surface area contributed by atoms with Gasteiger partial charge in [0.15, 0.2) is 12.4 Å². The number of anilines is 5. The zero-order valence-electron chi connectivity index (χ0n) is 39.5. The van der Waals surface area contributed by atoms with Crippen LogP contribution in [-0.4, -0.2) is 104 Å². The molecule has 366 valence electrons. The van der Waals surface area contributed by atoms with Crippen LogP contribution >= 0.6 is 11.6 Å². The summed E-state index contributed by atoms with van der Waals surface area (Å²) >= 11 is 6.69. The molecule has 3 N–H and O–H groups in total. The number of nitrogens with zero attached hydrogens (tertiary/aromatic N) is 8. The van der Waals surface area contributed by atoms with E-state index in [1.54, 1.807) is 24.0 Å². The highest BCUT2D eigenvalue weighted by molar-refractivity contribution is 6.33. The lowest BCUT2D eigenvalue weighted by Gasteiger charge is -2.53. The number of benzene rings is 2. The summed E-state index contributed by atoms with van der Waals surface area (Å²) in [6.45, 7) is 9.06. The van der Waals surface area contributed by atoms with Crippen molar-refractivity contribution in [1.82, 2.24) is 34.5 Å². The number of amides is 2. The largest absolute Gasteiger partial charge is 0.480 e. The van der Waals surface area contributed by atoms with Crippen molar-refractivity contribution < 1.29 is 27.5 Å². The number of halogens is 4. The first-order chi connectivity index (χ1) is 33.0. The molecule has 1 unspecified atom stereocenters. The maximum absolute atomic E-state index is 15.9. The fourth-order valence-electron chi connectivity index (χ4n) is 12.1. The van der Waals surface area contributed by atoms with Crippen LogP contribution < -0.4 is 36.0 Å². The molecular formula is C50H59ClF3N11O4. The number of hydrogen-bond acceptors (Lipinski definition) is 12. The molecule has 0 radical (unpaired) electrons. The number of fused-ring (bicyclic) bond motifs is 4. The predicted octanol–water partition coefficient (Wildman–Crippen LogP) is 7.87. The summed E-state index contributed by atoms with van der Waals surface area (Å²) in [6.07, 6.45) is 9.78. The van der Waals surface area contributed by atoms with Crippen LogP contribution in [0, 0.1) is 23.1 Å². The molecule has 0 bridgehead atoms. The number of imide groups is 1. The van der Waals surface area contributed by atoms with E-state index >= 15 is 13.2 Å². The van der Waals surface area contributed by atoms with E-state index in [1.165, 1.54) is 10.6 Å². The number of alkyl halides is 2. The van der Waals surface area contributed by atoms with Gasteiger partial charge in [-0.3, -0.25) is 29.3 Å². The van der Waals surface area contributed by atoms with Crippen molar-refractivity contribution in [2.75, 3.05) is 66.3 Å². The number of likely N-dealkylation sites (tertiary alicyclic amines) is 1. The van der Waals surface area contributed by atoms with Crippen LogP contribution in [0.25, 0.3) is 21.8 Å². The highest BCUT2D eigenvalue weighted by Crippen LogP contribution is 2.48. The number of pyridine rings is 1. The molecule has 4 saturated heterocycles. The third-order valence-electron chi connectivity index (χ3n) is 16.7. The Hall–Kier alpha value is -5.62. The Morgan fingerprint density at radius 1 is 0.884 bits per heavy atom. The van der Waals surface area contributed by atoms with Gasteiger partial charge in [0.2, 0.25) is 23.5 Å². The monoisotopic (exact) mass is 969 g/mol. The second-order valence-corrected chi connectivity index (χ2v) is 21.4. The van der Waals surface area contributed by atoms with Crippen molar-refractivity contribution in [3.8, 4) is 5.75 Å². The Labute approximate surface area is 403 Å². The van der Waals surface area contributed by atoms with Crippen LogP contribution in [0.1, 0.15) is 89.7 Å². The van der Waals surface area contributed by atoms with E-state index < -0.39 is 30.0 Å². The molecule has 2 aromatic carbocycles. The van der Waals surface area contributed by atoms with E-state index in [9.17, 15) is 14.4 Å². The minimum atomic E-state index is -3.14. The number of rotatable bonds is 8. The van der Waals surface area contributed by atoms with Gasteiger partial charge in [-0.05, 0) is 132 Å². The summed E-state index contributed by atoms with van der Waals surface area (Å²) in [5.74, 6) is -3.56. The zero-order valence-corrected chi connectivity index (χ0v) is 40.3. The molecular weight excluding hydrogens is 911 g/mol. The van der Waals surface area contributed by atoms with Crippen molar-refractivity contribution in [3.63, 3.8) is 0 Å². The first-order valence-corrected chi connectivity index (χ1v) is 24.8. The molecule has 6 aliphatic rings. The molecule has 1 saturated carbocycles. The van der Waals surface area contributed by atoms with E-state index in [2.05, 4.69) is 54.6 Å². The molecule has 5 fully saturated rings. The Morgan fingerprint density at radius 2 is 1.61 bits per heavy atom. The molecule has 5 aromatic rings. The molecule has 15 nitrogen and oxygen atoms in total. The Balaban J connectivity index is 0.711. The topological polar surface area (TPSA) is 155 Å². The van der Waals surface area contributed by atoms with Crippen LogP contribution in [-0.2, 0) is 23.7 Å². The second kappa shape index (κ2) is 17.1. The highest BCUT2D eigenvalue weighted by Gasteiger charge is 2.51. The van der Waals surface area contributed by atoms with Crippen molar-refractivity contribution in [2.24, 2.45) is 31.3 Å². The molecule has 69 heavy (non-hydrogen) atoms. The standard InChI is InChI=1S/C50H59ClF3N11O4/c1-48(2,29-11-17-63(18-12-29)38-25-37-33(24-35(38)52)40(60-62(37)4)31-8-10-39(66)57-45(31)67)65-21-15-49(16-22-65)13-19-64(20-14-49)47-55-26-34(51)44(59-47)56-30-7-9-36-32(23-30)41-42(46(68)61(36)3)69-27-50(53,54)43(58-41)28-5-6-28/h7,9,23-26,28-29,31,43,58H,5-6,8,10-22,27H2,1-4H3,(H,55,56,59)(H,57,66,67)/t31?,43-/m0/s1. The average Bonchev–Trinajstić information content (AvgIpc) is 4.14. The number of ether oxygens (including phenoxy) is 1. The molecule has 1 spiro atoms. The van der Waals surface area contributed by atoms with Gasteiger partial charge in [-0.25, -0.2) is 18.2 Å². The number of nitrogens with one attached hydrogen (secondary N) is 3. The SMILES string of the molecule is Cn1nc(C2CCC(=O)NC2=O)c2cc(F)c(N3CCC(C(C)(C)N4CCC5(CCN(c6ncc(Cl)c(Nc7ccc8c(c7)c7c(c(=O)n8C)OCC(F)(F)[C@H](C8CC8)N7)n6)CC5)CC4)CC3)cc21. The van der Waals surface area contributed by atoms with E-state index in [0.717, 1.165) is 83.3 Å². The predicted molar refractivity (Wildman–Crippen MR) is 260 cm³/mol. The molecule has 2 atom stereocenters. The second-order valence-electron chi connectivity index (χ2n) is 21.0. The highest BCUT2D eigenvalue weighted by atomic mass is 35.5. The number of piperidine rings is 4. The Kier molecular flexibility index (Phi) is 11.3. The summed E-state index contributed by atoms with van der Waals surface area (Å²) in [7, 11) is 3.42. The van der Waals surface area contributed by atoms with Crippen molar-refractivity contribution >= 4 is 74.0 Å². The summed E-state index contributed by atoms with van der Waals surface area (Å²) in [5, 5.41) is 14.9. The first kappa shape index (κ1) is 45.8. The van der Waals surface area contributed by atoms with Crippen LogP contribution in [0.2, 0.25) is 5.02 Å². The normalized spacial score (nSPS) is 23.4. The van der Waals surface area contributed by atoms with Gasteiger partial charge in [0.1, 0.15) is 10.8 Å². The number of aryl methyl sites for hydroxylation is 2. The molecule has 2 amide bonds. The van der Waals surface area contributed by atoms with E-state index in [4.69, 9.17) is 21.3 Å². The van der Waals surface area contributed by atoms with Gasteiger partial charge in [0, 0.05) is 68.7 Å². The van der Waals surface area contributed by atoms with Gasteiger partial charge in [-0.2, -0.15) is 10.1 Å². The fraction of sp³-hybridized carbons (Fsp3) is 0.560. The van der Waals surface area contributed by atoms with E-state index in [0.29, 0.717) is 75.3 Å². The van der Waals surface area contributed by atoms with Crippen LogP contribution in [0.15, 0.2) is 41.3 Å². The van der Waals surface area contributed by atoms with E-state index in [1.807, 2.05) is 25.2 Å². The average molecular weight is 971 g/mol. The molecule has 8 heterocycles. The van der Waals surface area contributed by atoms with Crippen molar-refractivity contribution in [2.45, 2.75) is 101 Å². The van der Waals surface area contributed by atoms with Crippen molar-refractivity contribution in [1.29, 1.82) is 0 Å². The van der Waals surface area contributed by atoms with Gasteiger partial charge in [0.25, 0.3) is 5.56 Å². The van der Waals surface area contributed by atoms with Crippen molar-refractivity contribution in [3.05, 3.63) is 63.4 Å². The van der Waals surface area contributed by atoms with Gasteiger partial charge in [-0.1, -0.05) is 11.6 Å². The Bertz CT molecular complexity index is 2930. The summed E-state index contributed by atoms with van der Waals surface area (Å²) in [6, 6.07) is 7.65. The van der Waals surface area contributed by atoms with Crippen LogP contribution in [0.5, 0.6) is 5.75 Å². The van der Waals surface area contributed by atoms with Gasteiger partial charge >= 0.3 is 5.92 Å². The number of aromatic nitrogens is 5. The Morgan fingerprint density at radius 3 is 2.32 bits per heavy atom. The summed E-state index contributed by atoms with van der Waals surface area (Å²) in [5.41, 5.74) is 3.05. The lowest BCUT2D eigenvalue weighted by Crippen LogP contribution is -2.57. The van der Waals surface area contributed by atoms with E-state index in [-0.39, 0.29) is 52.4 Å². The number of carbonyl (C=O) groups is 2. The maximum Gasteiger partial charge on any atom is 0.301 e. The minimum Gasteiger partial charge on any atom is -0.480 e.